The summed E-state index contributed by atoms with van der Waals surface area (Å²) in [6.45, 7) is 6.43. The second kappa shape index (κ2) is 4.00. The number of nitrogens with one attached hydrogen (secondary N) is 1. The molecule has 0 saturated carbocycles. The van der Waals surface area contributed by atoms with Crippen molar-refractivity contribution in [2.75, 3.05) is 0 Å². The number of aromatic nitrogens is 2. The number of rotatable bonds is 2. The van der Waals surface area contributed by atoms with Crippen molar-refractivity contribution >= 4 is 0 Å². The van der Waals surface area contributed by atoms with Crippen LogP contribution >= 0.6 is 0 Å². The highest BCUT2D eigenvalue weighted by molar-refractivity contribution is 5.23. The summed E-state index contributed by atoms with van der Waals surface area (Å²) in [4.78, 5) is 11.8. The Kier molecular flexibility index (Phi) is 2.69. The molecule has 0 unspecified atom stereocenters. The highest BCUT2D eigenvalue weighted by Crippen LogP contribution is 2.05. The van der Waals surface area contributed by atoms with E-state index >= 15 is 0 Å². The average molecular weight is 216 g/mol. The molecule has 2 aromatic rings. The van der Waals surface area contributed by atoms with Gasteiger partial charge >= 0.3 is 0 Å². The predicted octanol–water partition coefficient (Wildman–Crippen LogP) is 2.15. The summed E-state index contributed by atoms with van der Waals surface area (Å²) in [7, 11) is 0. The van der Waals surface area contributed by atoms with Gasteiger partial charge in [0.1, 0.15) is 0 Å². The van der Waals surface area contributed by atoms with Gasteiger partial charge in [0.05, 0.1) is 6.54 Å². The molecule has 1 heterocycles. The highest BCUT2D eigenvalue weighted by atomic mass is 16.1. The number of hydrogen-bond donors (Lipinski definition) is 1. The summed E-state index contributed by atoms with van der Waals surface area (Å²) >= 11 is 0. The molecule has 0 atom stereocenters. The van der Waals surface area contributed by atoms with Crippen molar-refractivity contribution < 1.29 is 0 Å². The van der Waals surface area contributed by atoms with E-state index in [2.05, 4.69) is 24.2 Å². The monoisotopic (exact) mass is 216 g/mol. The SMILES string of the molecule is Cc1cccc(Cn2[nH]c(C)c(C)c2=O)c1. The first-order chi connectivity index (χ1) is 7.58. The Labute approximate surface area is 94.7 Å². The van der Waals surface area contributed by atoms with Crippen molar-refractivity contribution in [2.24, 2.45) is 0 Å². The zero-order valence-corrected chi connectivity index (χ0v) is 9.87. The minimum Gasteiger partial charge on any atom is -0.299 e. The van der Waals surface area contributed by atoms with E-state index in [1.807, 2.05) is 26.0 Å². The number of H-pyrrole nitrogens is 1. The Hall–Kier alpha value is -1.77. The zero-order valence-electron chi connectivity index (χ0n) is 9.87. The number of nitrogens with zero attached hydrogens (tertiary/aromatic N) is 1. The van der Waals surface area contributed by atoms with E-state index in [0.717, 1.165) is 16.8 Å². The number of aryl methyl sites for hydroxylation is 2. The second-order valence-electron chi connectivity index (χ2n) is 4.24. The van der Waals surface area contributed by atoms with E-state index in [9.17, 15) is 4.79 Å². The maximum absolute atomic E-state index is 11.8. The first kappa shape index (κ1) is 10.7. The molecule has 1 aromatic heterocycles. The Balaban J connectivity index is 2.34. The second-order valence-corrected chi connectivity index (χ2v) is 4.24. The van der Waals surface area contributed by atoms with Crippen molar-refractivity contribution in [1.82, 2.24) is 9.78 Å². The molecular weight excluding hydrogens is 200 g/mol. The fraction of sp³-hybridized carbons (Fsp3) is 0.308. The normalized spacial score (nSPS) is 10.7. The van der Waals surface area contributed by atoms with Gasteiger partial charge in [-0.3, -0.25) is 9.89 Å². The molecule has 0 bridgehead atoms. The van der Waals surface area contributed by atoms with E-state index in [0.29, 0.717) is 6.54 Å². The van der Waals surface area contributed by atoms with Crippen LogP contribution in [0.25, 0.3) is 0 Å². The van der Waals surface area contributed by atoms with Gasteiger partial charge in [-0.2, -0.15) is 0 Å². The molecule has 2 rings (SSSR count). The van der Waals surface area contributed by atoms with Crippen LogP contribution in [0.5, 0.6) is 0 Å². The summed E-state index contributed by atoms with van der Waals surface area (Å²) < 4.78 is 1.65. The van der Waals surface area contributed by atoms with Crippen molar-refractivity contribution in [2.45, 2.75) is 27.3 Å². The lowest BCUT2D eigenvalue weighted by atomic mass is 10.1. The van der Waals surface area contributed by atoms with Gasteiger partial charge in [0.15, 0.2) is 0 Å². The number of aromatic amines is 1. The molecule has 1 N–H and O–H groups in total. The van der Waals surface area contributed by atoms with Gasteiger partial charge in [0.25, 0.3) is 5.56 Å². The van der Waals surface area contributed by atoms with Crippen molar-refractivity contribution in [1.29, 1.82) is 0 Å². The van der Waals surface area contributed by atoms with Crippen LogP contribution < -0.4 is 5.56 Å². The molecule has 0 fully saturated rings. The molecule has 84 valence electrons. The van der Waals surface area contributed by atoms with Crippen molar-refractivity contribution in [3.63, 3.8) is 0 Å². The smallest absolute Gasteiger partial charge is 0.269 e. The molecular formula is C13H16N2O. The largest absolute Gasteiger partial charge is 0.299 e. The Morgan fingerprint density at radius 1 is 1.25 bits per heavy atom. The van der Waals surface area contributed by atoms with Gasteiger partial charge < -0.3 is 0 Å². The van der Waals surface area contributed by atoms with Crippen LogP contribution in [0, 0.1) is 20.8 Å². The van der Waals surface area contributed by atoms with Crippen LogP contribution in [-0.2, 0) is 6.54 Å². The standard InChI is InChI=1S/C13H16N2O/c1-9-5-4-6-12(7-9)8-15-13(16)10(2)11(3)14-15/h4-7,14H,8H2,1-3H3. The first-order valence-electron chi connectivity index (χ1n) is 5.39. The summed E-state index contributed by atoms with van der Waals surface area (Å²) in [5, 5.41) is 3.08. The summed E-state index contributed by atoms with van der Waals surface area (Å²) in [6, 6.07) is 8.19. The lowest BCUT2D eigenvalue weighted by Gasteiger charge is -2.03. The maximum atomic E-state index is 11.8. The molecule has 3 heteroatoms. The lowest BCUT2D eigenvalue weighted by molar-refractivity contribution is 0.657. The molecule has 0 spiro atoms. The van der Waals surface area contributed by atoms with Crippen LogP contribution in [0.2, 0.25) is 0 Å². The van der Waals surface area contributed by atoms with E-state index < -0.39 is 0 Å². The number of hydrogen-bond acceptors (Lipinski definition) is 1. The lowest BCUT2D eigenvalue weighted by Crippen LogP contribution is -2.18. The van der Waals surface area contributed by atoms with E-state index in [1.54, 1.807) is 4.68 Å². The zero-order chi connectivity index (χ0) is 11.7. The quantitative estimate of drug-likeness (QED) is 0.820. The third kappa shape index (κ3) is 1.94. The van der Waals surface area contributed by atoms with Crippen molar-refractivity contribution in [3.8, 4) is 0 Å². The fourth-order valence-corrected chi connectivity index (χ4v) is 1.80. The molecule has 1 aromatic carbocycles. The minimum atomic E-state index is 0.0685. The molecule has 0 radical (unpaired) electrons. The summed E-state index contributed by atoms with van der Waals surface area (Å²) in [5.74, 6) is 0. The summed E-state index contributed by atoms with van der Waals surface area (Å²) in [5.41, 5.74) is 4.17. The van der Waals surface area contributed by atoms with Gasteiger partial charge in [-0.25, -0.2) is 4.68 Å². The molecule has 0 aliphatic carbocycles. The van der Waals surface area contributed by atoms with E-state index in [4.69, 9.17) is 0 Å². The topological polar surface area (TPSA) is 37.8 Å². The van der Waals surface area contributed by atoms with E-state index in [1.165, 1.54) is 5.56 Å². The fourth-order valence-electron chi connectivity index (χ4n) is 1.80. The minimum absolute atomic E-state index is 0.0685. The van der Waals surface area contributed by atoms with E-state index in [-0.39, 0.29) is 5.56 Å². The van der Waals surface area contributed by atoms with Crippen LogP contribution in [0.3, 0.4) is 0 Å². The molecule has 0 amide bonds. The highest BCUT2D eigenvalue weighted by Gasteiger charge is 2.06. The number of benzene rings is 1. The van der Waals surface area contributed by atoms with Crippen LogP contribution in [0.1, 0.15) is 22.4 Å². The van der Waals surface area contributed by atoms with Gasteiger partial charge in [-0.15, -0.1) is 0 Å². The van der Waals surface area contributed by atoms with Crippen LogP contribution in [0.4, 0.5) is 0 Å². The van der Waals surface area contributed by atoms with Gasteiger partial charge in [0, 0.05) is 11.3 Å². The Bertz CT molecular complexity index is 564. The predicted molar refractivity (Wildman–Crippen MR) is 64.8 cm³/mol. The van der Waals surface area contributed by atoms with Crippen LogP contribution in [0.15, 0.2) is 29.1 Å². The Morgan fingerprint density at radius 2 is 2.00 bits per heavy atom. The molecule has 16 heavy (non-hydrogen) atoms. The third-order valence-corrected chi connectivity index (χ3v) is 2.85. The molecule has 0 aliphatic heterocycles. The first-order valence-corrected chi connectivity index (χ1v) is 5.39. The average Bonchev–Trinajstić information content (AvgIpc) is 2.47. The third-order valence-electron chi connectivity index (χ3n) is 2.85. The maximum Gasteiger partial charge on any atom is 0.269 e. The molecule has 0 aliphatic rings. The molecule has 0 saturated heterocycles. The van der Waals surface area contributed by atoms with Crippen molar-refractivity contribution in [3.05, 3.63) is 57.0 Å². The van der Waals surface area contributed by atoms with Crippen LogP contribution in [-0.4, -0.2) is 9.78 Å². The molecule has 3 nitrogen and oxygen atoms in total. The van der Waals surface area contributed by atoms with Gasteiger partial charge in [0.2, 0.25) is 0 Å². The van der Waals surface area contributed by atoms with Gasteiger partial charge in [-0.05, 0) is 26.3 Å². The Morgan fingerprint density at radius 3 is 2.56 bits per heavy atom. The summed E-state index contributed by atoms with van der Waals surface area (Å²) in [6.07, 6.45) is 0. The van der Waals surface area contributed by atoms with Gasteiger partial charge in [-0.1, -0.05) is 29.8 Å².